The lowest BCUT2D eigenvalue weighted by Gasteiger charge is -2.44. The van der Waals surface area contributed by atoms with Crippen LogP contribution in [0.3, 0.4) is 0 Å². The van der Waals surface area contributed by atoms with E-state index in [1.165, 1.54) is 5.69 Å². The predicted molar refractivity (Wildman–Crippen MR) is 158 cm³/mol. The van der Waals surface area contributed by atoms with Gasteiger partial charge in [0.2, 0.25) is 5.95 Å². The first kappa shape index (κ1) is 25.8. The standard InChI is InChI=1S/C29H29ClN8O3/c1-39-22-12-23(26(30)25(13-22)40-2)24-11-18-14-31-29(34-27(18)38-17-32-35-28(24)38)33-19-3-5-20(6-4-19)37-8-7-36-9-10-41-16-21(36)15-37/h3-6,11-14,17,21H,7-10,15-16H2,1-2H3,(H,31,33,34)/t21-/m1/s1. The Balaban J connectivity index is 1.17. The van der Waals surface area contributed by atoms with Crippen molar-refractivity contribution in [1.29, 1.82) is 0 Å². The second-order valence-corrected chi connectivity index (χ2v) is 10.5. The Morgan fingerprint density at radius 2 is 1.88 bits per heavy atom. The summed E-state index contributed by atoms with van der Waals surface area (Å²) in [7, 11) is 3.17. The number of hydrogen-bond acceptors (Lipinski definition) is 10. The molecule has 2 fully saturated rings. The van der Waals surface area contributed by atoms with Crippen LogP contribution in [0.2, 0.25) is 5.02 Å². The maximum atomic E-state index is 6.71. The van der Waals surface area contributed by atoms with Gasteiger partial charge in [0.15, 0.2) is 11.3 Å². The van der Waals surface area contributed by atoms with E-state index in [2.05, 4.69) is 54.6 Å². The summed E-state index contributed by atoms with van der Waals surface area (Å²) in [6, 6.07) is 14.4. The Morgan fingerprint density at radius 1 is 1.00 bits per heavy atom. The number of piperazine rings is 1. The molecule has 2 aromatic carbocycles. The molecule has 2 aliphatic rings. The first-order valence-corrected chi connectivity index (χ1v) is 13.8. The molecule has 0 spiro atoms. The molecule has 41 heavy (non-hydrogen) atoms. The average molecular weight is 573 g/mol. The lowest BCUT2D eigenvalue weighted by atomic mass is 10.0. The van der Waals surface area contributed by atoms with Crippen molar-refractivity contribution in [1.82, 2.24) is 29.5 Å². The molecule has 0 unspecified atom stereocenters. The number of hydrogen-bond donors (Lipinski definition) is 1. The van der Waals surface area contributed by atoms with Crippen LogP contribution >= 0.6 is 11.6 Å². The third kappa shape index (κ3) is 4.75. The highest BCUT2D eigenvalue weighted by atomic mass is 35.5. The minimum Gasteiger partial charge on any atom is -0.497 e. The molecule has 0 amide bonds. The molecule has 11 nitrogen and oxygen atoms in total. The number of fused-ring (bicyclic) bond motifs is 4. The fourth-order valence-electron chi connectivity index (χ4n) is 5.63. The summed E-state index contributed by atoms with van der Waals surface area (Å²) >= 11 is 6.71. The Labute approximate surface area is 241 Å². The number of nitrogens with zero attached hydrogens (tertiary/aromatic N) is 7. The van der Waals surface area contributed by atoms with E-state index in [1.807, 2.05) is 16.5 Å². The quantitative estimate of drug-likeness (QED) is 0.317. The van der Waals surface area contributed by atoms with Crippen LogP contribution < -0.4 is 19.7 Å². The van der Waals surface area contributed by atoms with E-state index in [0.717, 1.165) is 56.0 Å². The largest absolute Gasteiger partial charge is 0.497 e. The summed E-state index contributed by atoms with van der Waals surface area (Å²) in [6.45, 7) is 5.73. The smallest absolute Gasteiger partial charge is 0.229 e. The van der Waals surface area contributed by atoms with Gasteiger partial charge < -0.3 is 24.4 Å². The van der Waals surface area contributed by atoms with Crippen molar-refractivity contribution in [3.63, 3.8) is 0 Å². The normalized spacial score (nSPS) is 17.5. The SMILES string of the molecule is COc1cc(OC)c(Cl)c(-c2cc3cnc(Nc4ccc(N5CCN6CCOC[C@H]6C5)cc4)nc3n3cnnc23)c1. The van der Waals surface area contributed by atoms with Crippen molar-refractivity contribution in [3.8, 4) is 22.6 Å². The van der Waals surface area contributed by atoms with E-state index in [4.69, 9.17) is 30.8 Å². The number of nitrogens with one attached hydrogen (secondary N) is 1. The van der Waals surface area contributed by atoms with E-state index >= 15 is 0 Å². The monoisotopic (exact) mass is 572 g/mol. The molecule has 5 aromatic rings. The van der Waals surface area contributed by atoms with Gasteiger partial charge in [0.25, 0.3) is 0 Å². The summed E-state index contributed by atoms with van der Waals surface area (Å²) in [5, 5.41) is 13.1. The van der Waals surface area contributed by atoms with Crippen molar-refractivity contribution in [3.05, 3.63) is 60.0 Å². The van der Waals surface area contributed by atoms with Gasteiger partial charge >= 0.3 is 0 Å². The number of aromatic nitrogens is 5. The summed E-state index contributed by atoms with van der Waals surface area (Å²) in [4.78, 5) is 14.3. The van der Waals surface area contributed by atoms with Crippen molar-refractivity contribution in [2.24, 2.45) is 0 Å². The van der Waals surface area contributed by atoms with Crippen LogP contribution in [0.4, 0.5) is 17.3 Å². The van der Waals surface area contributed by atoms with Crippen molar-refractivity contribution in [2.45, 2.75) is 6.04 Å². The Bertz CT molecular complexity index is 1730. The lowest BCUT2D eigenvalue weighted by Crippen LogP contribution is -2.58. The maximum Gasteiger partial charge on any atom is 0.229 e. The molecular formula is C29H29ClN8O3. The van der Waals surface area contributed by atoms with Crippen LogP contribution in [0.5, 0.6) is 11.5 Å². The first-order valence-electron chi connectivity index (χ1n) is 13.5. The zero-order chi connectivity index (χ0) is 27.9. The summed E-state index contributed by atoms with van der Waals surface area (Å²) in [5.74, 6) is 1.60. The molecule has 5 heterocycles. The molecule has 0 saturated carbocycles. The van der Waals surface area contributed by atoms with Crippen LogP contribution in [-0.2, 0) is 4.74 Å². The Hall–Kier alpha value is -4.19. The third-order valence-corrected chi connectivity index (χ3v) is 8.19. The number of halogens is 1. The van der Waals surface area contributed by atoms with Crippen molar-refractivity contribution in [2.75, 3.05) is 63.8 Å². The second-order valence-electron chi connectivity index (χ2n) is 10.1. The molecular weight excluding hydrogens is 544 g/mol. The number of benzene rings is 2. The zero-order valence-electron chi connectivity index (χ0n) is 22.7. The second kappa shape index (κ2) is 10.7. The molecule has 3 aromatic heterocycles. The number of methoxy groups -OCH3 is 2. The lowest BCUT2D eigenvalue weighted by molar-refractivity contribution is -0.0116. The molecule has 2 aliphatic heterocycles. The molecule has 1 N–H and O–H groups in total. The van der Waals surface area contributed by atoms with Crippen LogP contribution in [0.25, 0.3) is 27.8 Å². The number of morpholine rings is 1. The molecule has 0 bridgehead atoms. The molecule has 0 aliphatic carbocycles. The molecule has 0 radical (unpaired) electrons. The van der Waals surface area contributed by atoms with E-state index in [-0.39, 0.29) is 0 Å². The van der Waals surface area contributed by atoms with Gasteiger partial charge in [-0.25, -0.2) is 4.98 Å². The molecule has 12 heteroatoms. The van der Waals surface area contributed by atoms with Gasteiger partial charge in [0.1, 0.15) is 17.8 Å². The fraction of sp³-hybridized carbons (Fsp3) is 0.310. The summed E-state index contributed by atoms with van der Waals surface area (Å²) in [5.41, 5.74) is 4.85. The van der Waals surface area contributed by atoms with E-state index in [1.54, 1.807) is 32.8 Å². The topological polar surface area (TPSA) is 102 Å². The van der Waals surface area contributed by atoms with Crippen LogP contribution in [-0.4, -0.2) is 89.1 Å². The van der Waals surface area contributed by atoms with Gasteiger partial charge in [0.05, 0.1) is 38.5 Å². The molecule has 7 rings (SSSR count). The Kier molecular flexibility index (Phi) is 6.69. The summed E-state index contributed by atoms with van der Waals surface area (Å²) in [6.07, 6.45) is 3.41. The van der Waals surface area contributed by atoms with Crippen molar-refractivity contribution >= 4 is 45.6 Å². The average Bonchev–Trinajstić information content (AvgIpc) is 3.52. The van der Waals surface area contributed by atoms with E-state index in [9.17, 15) is 0 Å². The number of anilines is 3. The van der Waals surface area contributed by atoms with Gasteiger partial charge in [-0.05, 0) is 36.4 Å². The minimum absolute atomic E-state index is 0.453. The zero-order valence-corrected chi connectivity index (χ0v) is 23.5. The van der Waals surface area contributed by atoms with Crippen LogP contribution in [0.1, 0.15) is 0 Å². The summed E-state index contributed by atoms with van der Waals surface area (Å²) < 4.78 is 18.5. The van der Waals surface area contributed by atoms with Gasteiger partial charge in [-0.2, -0.15) is 4.98 Å². The minimum atomic E-state index is 0.453. The number of ether oxygens (including phenoxy) is 3. The molecule has 1 atom stereocenters. The molecule has 210 valence electrons. The van der Waals surface area contributed by atoms with E-state index in [0.29, 0.717) is 45.4 Å². The van der Waals surface area contributed by atoms with Gasteiger partial charge in [-0.3, -0.25) is 9.30 Å². The van der Waals surface area contributed by atoms with Crippen LogP contribution in [0, 0.1) is 0 Å². The highest BCUT2D eigenvalue weighted by Crippen LogP contribution is 2.41. The Morgan fingerprint density at radius 3 is 2.71 bits per heavy atom. The van der Waals surface area contributed by atoms with Gasteiger partial charge in [-0.15, -0.1) is 10.2 Å². The number of rotatable bonds is 6. The number of pyridine rings is 1. The van der Waals surface area contributed by atoms with Crippen molar-refractivity contribution < 1.29 is 14.2 Å². The maximum absolute atomic E-state index is 6.71. The third-order valence-electron chi connectivity index (χ3n) is 7.80. The van der Waals surface area contributed by atoms with Gasteiger partial charge in [-0.1, -0.05) is 11.6 Å². The van der Waals surface area contributed by atoms with Crippen LogP contribution in [0.15, 0.2) is 55.0 Å². The fourth-order valence-corrected chi connectivity index (χ4v) is 5.92. The highest BCUT2D eigenvalue weighted by molar-refractivity contribution is 6.35. The van der Waals surface area contributed by atoms with E-state index < -0.39 is 0 Å². The highest BCUT2D eigenvalue weighted by Gasteiger charge is 2.29. The van der Waals surface area contributed by atoms with Gasteiger partial charge in [0, 0.05) is 66.3 Å². The predicted octanol–water partition coefficient (Wildman–Crippen LogP) is 4.27. The first-order chi connectivity index (χ1) is 20.1. The molecule has 2 saturated heterocycles.